The molecule has 1 rings (SSSR count). The van der Waals surface area contributed by atoms with E-state index in [4.69, 9.17) is 5.73 Å². The molecule has 0 heterocycles. The van der Waals surface area contributed by atoms with Crippen LogP contribution in [0.2, 0.25) is 0 Å². The molecule has 1 aromatic rings. The lowest BCUT2D eigenvalue weighted by Gasteiger charge is -1.93. The number of nitrogens with two attached hydrogens (primary N) is 1. The van der Waals surface area contributed by atoms with Gasteiger partial charge in [0.2, 0.25) is 0 Å². The molecule has 72 valence electrons. The van der Waals surface area contributed by atoms with Crippen LogP contribution < -0.4 is 5.73 Å². The minimum atomic E-state index is 0. The summed E-state index contributed by atoms with van der Waals surface area (Å²) in [4.78, 5) is 0. The molecule has 0 aliphatic rings. The van der Waals surface area contributed by atoms with Gasteiger partial charge in [-0.15, -0.1) is 0 Å². The van der Waals surface area contributed by atoms with Crippen LogP contribution in [0.25, 0.3) is 0 Å². The molecule has 0 radical (unpaired) electrons. The van der Waals surface area contributed by atoms with Crippen LogP contribution in [0.3, 0.4) is 0 Å². The molecule has 0 atom stereocenters. The Balaban J connectivity index is -0.000000189. The van der Waals surface area contributed by atoms with Crippen molar-refractivity contribution >= 4 is 5.69 Å². The van der Waals surface area contributed by atoms with Gasteiger partial charge in [-0.05, 0) is 18.6 Å². The smallest absolute Gasteiger partial charge is 0.0343 e. The molecule has 0 unspecified atom stereocenters. The standard InChI is InChI=1S/C7H9N.C2H6.2H2O/c1-6-4-2-3-5-7(6)8;1-2;;/h2-5H,8H2,1H3;1-2H3;2*1H2. The van der Waals surface area contributed by atoms with E-state index in [1.165, 1.54) is 0 Å². The molecule has 0 saturated carbocycles. The van der Waals surface area contributed by atoms with E-state index in [0.717, 1.165) is 11.3 Å². The number of hydrogen-bond donors (Lipinski definition) is 1. The van der Waals surface area contributed by atoms with Crippen molar-refractivity contribution in [2.24, 2.45) is 0 Å². The van der Waals surface area contributed by atoms with Crippen LogP contribution in [0, 0.1) is 6.92 Å². The summed E-state index contributed by atoms with van der Waals surface area (Å²) >= 11 is 0. The summed E-state index contributed by atoms with van der Waals surface area (Å²) in [7, 11) is 0. The molecule has 0 amide bonds. The predicted octanol–water partition coefficient (Wildman–Crippen LogP) is 0.954. The van der Waals surface area contributed by atoms with Gasteiger partial charge in [-0.1, -0.05) is 32.0 Å². The molecule has 0 aliphatic heterocycles. The van der Waals surface area contributed by atoms with E-state index in [9.17, 15) is 0 Å². The maximum Gasteiger partial charge on any atom is 0.0343 e. The molecule has 0 aromatic heterocycles. The summed E-state index contributed by atoms with van der Waals surface area (Å²) < 4.78 is 0. The van der Waals surface area contributed by atoms with Gasteiger partial charge >= 0.3 is 0 Å². The summed E-state index contributed by atoms with van der Waals surface area (Å²) in [5.74, 6) is 0. The van der Waals surface area contributed by atoms with Gasteiger partial charge in [0, 0.05) is 5.69 Å². The van der Waals surface area contributed by atoms with Gasteiger partial charge in [0.05, 0.1) is 0 Å². The fourth-order valence-electron chi connectivity index (χ4n) is 0.587. The number of aryl methyl sites for hydroxylation is 1. The topological polar surface area (TPSA) is 89.0 Å². The molecule has 0 aliphatic carbocycles. The second-order valence-electron chi connectivity index (χ2n) is 1.86. The third-order valence-corrected chi connectivity index (χ3v) is 1.19. The Kier molecular flexibility index (Phi) is 14.2. The third-order valence-electron chi connectivity index (χ3n) is 1.19. The number of anilines is 1. The van der Waals surface area contributed by atoms with E-state index in [0.29, 0.717) is 0 Å². The van der Waals surface area contributed by atoms with Gasteiger partial charge < -0.3 is 16.7 Å². The lowest BCUT2D eigenvalue weighted by molar-refractivity contribution is 0.823. The van der Waals surface area contributed by atoms with Crippen LogP contribution in [0.1, 0.15) is 19.4 Å². The first-order valence-corrected chi connectivity index (χ1v) is 3.62. The molecular formula is C9H19NO2. The first-order valence-electron chi connectivity index (χ1n) is 3.62. The Labute approximate surface area is 73.8 Å². The lowest BCUT2D eigenvalue weighted by atomic mass is 10.2. The highest BCUT2D eigenvalue weighted by Crippen LogP contribution is 2.06. The minimum absolute atomic E-state index is 0. The largest absolute Gasteiger partial charge is 0.412 e. The van der Waals surface area contributed by atoms with Gasteiger partial charge in [0.1, 0.15) is 0 Å². The number of benzene rings is 1. The first-order chi connectivity index (χ1) is 4.80. The van der Waals surface area contributed by atoms with Crippen molar-refractivity contribution in [3.8, 4) is 0 Å². The first kappa shape index (κ1) is 17.1. The van der Waals surface area contributed by atoms with Crippen molar-refractivity contribution in [3.05, 3.63) is 29.8 Å². The van der Waals surface area contributed by atoms with E-state index < -0.39 is 0 Å². The Hall–Kier alpha value is -1.06. The van der Waals surface area contributed by atoms with Crippen LogP contribution >= 0.6 is 0 Å². The number of para-hydroxylation sites is 1. The lowest BCUT2D eigenvalue weighted by Crippen LogP contribution is -1.85. The Morgan fingerprint density at radius 2 is 1.42 bits per heavy atom. The zero-order chi connectivity index (χ0) is 7.98. The van der Waals surface area contributed by atoms with E-state index in [1.807, 2.05) is 45.0 Å². The van der Waals surface area contributed by atoms with E-state index in [1.54, 1.807) is 0 Å². The summed E-state index contributed by atoms with van der Waals surface area (Å²) in [6.45, 7) is 6.00. The van der Waals surface area contributed by atoms with Gasteiger partial charge in [-0.2, -0.15) is 0 Å². The Bertz CT molecular complexity index is 169. The van der Waals surface area contributed by atoms with Crippen LogP contribution in [0.15, 0.2) is 24.3 Å². The van der Waals surface area contributed by atoms with Gasteiger partial charge in [-0.25, -0.2) is 0 Å². The zero-order valence-electron chi connectivity index (χ0n) is 7.89. The van der Waals surface area contributed by atoms with E-state index in [2.05, 4.69) is 0 Å². The maximum atomic E-state index is 5.52. The normalized spacial score (nSPS) is 6.58. The second kappa shape index (κ2) is 9.94. The zero-order valence-corrected chi connectivity index (χ0v) is 7.89. The Morgan fingerprint density at radius 1 is 1.00 bits per heavy atom. The fraction of sp³-hybridized carbons (Fsp3) is 0.333. The average Bonchev–Trinajstić information content (AvgIpc) is 2.00. The highest BCUT2D eigenvalue weighted by molar-refractivity contribution is 5.44. The Morgan fingerprint density at radius 3 is 1.67 bits per heavy atom. The highest BCUT2D eigenvalue weighted by atomic mass is 16.0. The molecule has 12 heavy (non-hydrogen) atoms. The molecule has 3 heteroatoms. The summed E-state index contributed by atoms with van der Waals surface area (Å²) in [5.41, 5.74) is 7.53. The van der Waals surface area contributed by atoms with Crippen molar-refractivity contribution in [3.63, 3.8) is 0 Å². The number of rotatable bonds is 0. The third kappa shape index (κ3) is 5.70. The number of hydrogen-bond acceptors (Lipinski definition) is 1. The van der Waals surface area contributed by atoms with Crippen molar-refractivity contribution < 1.29 is 11.0 Å². The molecule has 0 bridgehead atoms. The summed E-state index contributed by atoms with van der Waals surface area (Å²) in [6.07, 6.45) is 0. The molecule has 0 spiro atoms. The van der Waals surface area contributed by atoms with Crippen molar-refractivity contribution in [2.45, 2.75) is 20.8 Å². The van der Waals surface area contributed by atoms with Crippen molar-refractivity contribution in [1.29, 1.82) is 0 Å². The van der Waals surface area contributed by atoms with E-state index in [-0.39, 0.29) is 11.0 Å². The monoisotopic (exact) mass is 173 g/mol. The average molecular weight is 173 g/mol. The van der Waals surface area contributed by atoms with Crippen molar-refractivity contribution in [2.75, 3.05) is 5.73 Å². The van der Waals surface area contributed by atoms with Crippen LogP contribution in [-0.2, 0) is 0 Å². The molecule has 0 fully saturated rings. The highest BCUT2D eigenvalue weighted by Gasteiger charge is 1.84. The second-order valence-corrected chi connectivity index (χ2v) is 1.86. The molecule has 1 aromatic carbocycles. The van der Waals surface area contributed by atoms with Crippen LogP contribution in [0.5, 0.6) is 0 Å². The van der Waals surface area contributed by atoms with Gasteiger partial charge in [0.25, 0.3) is 0 Å². The fourth-order valence-corrected chi connectivity index (χ4v) is 0.587. The van der Waals surface area contributed by atoms with Crippen molar-refractivity contribution in [1.82, 2.24) is 0 Å². The van der Waals surface area contributed by atoms with Crippen LogP contribution in [0.4, 0.5) is 5.69 Å². The quantitative estimate of drug-likeness (QED) is 0.581. The SMILES string of the molecule is CC.Cc1ccccc1N.O.O. The molecule has 3 nitrogen and oxygen atoms in total. The van der Waals surface area contributed by atoms with Crippen LogP contribution in [-0.4, -0.2) is 11.0 Å². The number of nitrogen functional groups attached to an aromatic ring is 1. The molecular weight excluding hydrogens is 154 g/mol. The van der Waals surface area contributed by atoms with Gasteiger partial charge in [0.15, 0.2) is 0 Å². The minimum Gasteiger partial charge on any atom is -0.412 e. The van der Waals surface area contributed by atoms with E-state index >= 15 is 0 Å². The summed E-state index contributed by atoms with van der Waals surface area (Å²) in [6, 6.07) is 7.80. The molecule has 0 saturated heterocycles. The predicted molar refractivity (Wildman–Crippen MR) is 54.2 cm³/mol. The van der Waals surface area contributed by atoms with Gasteiger partial charge in [-0.3, -0.25) is 0 Å². The summed E-state index contributed by atoms with van der Waals surface area (Å²) in [5, 5.41) is 0. The maximum absolute atomic E-state index is 5.52. The molecule has 6 N–H and O–H groups in total.